The molecule has 4 heavy (non-hydrogen) atoms. The highest BCUT2D eigenvalue weighted by atomic mass is 35.5. The first-order valence-corrected chi connectivity index (χ1v) is 2.58. The Morgan fingerprint density at radius 3 is 2.25 bits per heavy atom. The van der Waals surface area contributed by atoms with E-state index in [0.29, 0.717) is 8.81 Å². The second kappa shape index (κ2) is 3.68. The molecule has 0 aromatic heterocycles. The van der Waals surface area contributed by atoms with Gasteiger partial charge in [-0.1, -0.05) is 0 Å². The van der Waals surface area contributed by atoms with Crippen molar-refractivity contribution in [3.05, 3.63) is 0 Å². The first-order valence-electron chi connectivity index (χ1n) is 0.858. The van der Waals surface area contributed by atoms with E-state index >= 15 is 0 Å². The number of hydrogen-bond acceptors (Lipinski definition) is 1. The van der Waals surface area contributed by atoms with Crippen molar-refractivity contribution >= 4 is 20.7 Å². The van der Waals surface area contributed by atoms with E-state index in [1.54, 1.807) is 0 Å². The van der Waals surface area contributed by atoms with Crippen molar-refractivity contribution in [1.29, 1.82) is 0 Å². The lowest BCUT2D eigenvalue weighted by Crippen LogP contribution is -1.33. The van der Waals surface area contributed by atoms with Gasteiger partial charge in [-0.2, -0.15) is 0 Å². The first kappa shape index (κ1) is 4.68. The molecule has 0 aromatic rings. The van der Waals surface area contributed by atoms with Gasteiger partial charge in [0.15, 0.2) is 0 Å². The van der Waals surface area contributed by atoms with Crippen LogP contribution in [0.15, 0.2) is 0 Å². The van der Waals surface area contributed by atoms with Crippen LogP contribution in [0.5, 0.6) is 0 Å². The molecule has 0 rings (SSSR count). The molecule has 0 aliphatic carbocycles. The normalized spacial score (nSPS) is 10.5. The quantitative estimate of drug-likeness (QED) is 0.450. The summed E-state index contributed by atoms with van der Waals surface area (Å²) in [6.07, 6.45) is 0. The van der Waals surface area contributed by atoms with Gasteiger partial charge in [0.05, 0.1) is 11.9 Å². The van der Waals surface area contributed by atoms with Crippen LogP contribution in [0.3, 0.4) is 0 Å². The topological polar surface area (TPSA) is 9.23 Å². The molecule has 1 unspecified atom stereocenters. The molecule has 0 aliphatic heterocycles. The molecule has 0 amide bonds. The molecule has 3 heteroatoms. The van der Waals surface area contributed by atoms with Gasteiger partial charge in [0, 0.05) is 8.81 Å². The Morgan fingerprint density at radius 2 is 2.25 bits per heavy atom. The van der Waals surface area contributed by atoms with Crippen molar-refractivity contribution < 1.29 is 4.08 Å². The molecule has 0 spiro atoms. The highest BCUT2D eigenvalue weighted by Crippen LogP contribution is 2.04. The van der Waals surface area contributed by atoms with Crippen LogP contribution in [0.25, 0.3) is 0 Å². The summed E-state index contributed by atoms with van der Waals surface area (Å²) in [6.45, 7) is 1.85. The van der Waals surface area contributed by atoms with Crippen molar-refractivity contribution in [1.82, 2.24) is 0 Å². The Kier molecular flexibility index (Phi) is 4.31. The summed E-state index contributed by atoms with van der Waals surface area (Å²) < 4.78 is 4.04. The van der Waals surface area contributed by atoms with Gasteiger partial charge < -0.3 is 0 Å². The van der Waals surface area contributed by atoms with E-state index in [2.05, 4.69) is 4.08 Å². The van der Waals surface area contributed by atoms with Crippen molar-refractivity contribution in [3.63, 3.8) is 0 Å². The van der Waals surface area contributed by atoms with Gasteiger partial charge in [0.1, 0.15) is 0 Å². The van der Waals surface area contributed by atoms with E-state index in [9.17, 15) is 0 Å². The summed E-state index contributed by atoms with van der Waals surface area (Å²) in [5, 5.41) is 0. The predicted octanol–water partition coefficient (Wildman–Crippen LogP) is 1.38. The fraction of sp³-hybridized carbons (Fsp3) is 1.00. The fourth-order valence-electron chi connectivity index (χ4n) is 0. The first-order chi connectivity index (χ1) is 1.91. The van der Waals surface area contributed by atoms with Gasteiger partial charge in [-0.05, 0) is 6.66 Å². The van der Waals surface area contributed by atoms with E-state index < -0.39 is 0 Å². The minimum Gasteiger partial charge on any atom is -0.261 e. The molecule has 0 N–H and O–H groups in total. The summed E-state index contributed by atoms with van der Waals surface area (Å²) in [5.41, 5.74) is 0. The molecule has 0 saturated heterocycles. The molecule has 26 valence electrons. The molecule has 1 atom stereocenters. The molecular formula is CH4ClOP. The largest absolute Gasteiger partial charge is 0.261 e. The van der Waals surface area contributed by atoms with E-state index in [0.717, 1.165) is 0 Å². The molecule has 0 radical (unpaired) electrons. The van der Waals surface area contributed by atoms with E-state index in [1.165, 1.54) is 0 Å². The molecule has 0 bridgehead atoms. The summed E-state index contributed by atoms with van der Waals surface area (Å²) >= 11 is 4.70. The summed E-state index contributed by atoms with van der Waals surface area (Å²) in [4.78, 5) is 0. The average Bonchev–Trinajstić information content (AvgIpc) is 1.37. The van der Waals surface area contributed by atoms with Crippen LogP contribution < -0.4 is 0 Å². The Bertz CT molecular complexity index is 10.0. The maximum Gasteiger partial charge on any atom is 0.0644 e. The third-order valence-corrected chi connectivity index (χ3v) is 0.694. The van der Waals surface area contributed by atoms with Crippen molar-refractivity contribution in [2.24, 2.45) is 0 Å². The number of halogens is 1. The van der Waals surface area contributed by atoms with Crippen LogP contribution in [0.1, 0.15) is 0 Å². The number of rotatable bonds is 1. The van der Waals surface area contributed by atoms with Gasteiger partial charge in [0.25, 0.3) is 0 Å². The summed E-state index contributed by atoms with van der Waals surface area (Å²) in [7, 11) is 0.406. The highest BCUT2D eigenvalue weighted by Gasteiger charge is 1.55. The zero-order chi connectivity index (χ0) is 3.41. The average molecular weight is 98.5 g/mol. The van der Waals surface area contributed by atoms with Crippen LogP contribution in [0, 0.1) is 0 Å². The minimum atomic E-state index is 0.406. The van der Waals surface area contributed by atoms with Gasteiger partial charge in [0.2, 0.25) is 0 Å². The fourth-order valence-corrected chi connectivity index (χ4v) is 0. The van der Waals surface area contributed by atoms with Crippen molar-refractivity contribution in [2.45, 2.75) is 0 Å². The molecule has 1 nitrogen and oxygen atoms in total. The Labute approximate surface area is 32.3 Å². The van der Waals surface area contributed by atoms with Crippen LogP contribution in [-0.2, 0) is 4.08 Å². The smallest absolute Gasteiger partial charge is 0.0644 e. The molecule has 0 fully saturated rings. The lowest BCUT2D eigenvalue weighted by molar-refractivity contribution is 0.716. The lowest BCUT2D eigenvalue weighted by atomic mass is 12.0. The lowest BCUT2D eigenvalue weighted by Gasteiger charge is -1.70. The van der Waals surface area contributed by atoms with Crippen LogP contribution in [0.4, 0.5) is 0 Å². The third kappa shape index (κ3) is 2.68. The Hall–Kier alpha value is 0.680. The van der Waals surface area contributed by atoms with Crippen LogP contribution in [0.2, 0.25) is 0 Å². The molecule has 0 heterocycles. The molecule has 0 aliphatic rings. The highest BCUT2D eigenvalue weighted by molar-refractivity contribution is 7.32. The second-order valence-electron chi connectivity index (χ2n) is 0.281. The monoisotopic (exact) mass is 98.0 g/mol. The maximum absolute atomic E-state index is 4.70. The predicted molar refractivity (Wildman–Crippen MR) is 21.2 cm³/mol. The maximum atomic E-state index is 4.70. The van der Waals surface area contributed by atoms with E-state index in [1.807, 2.05) is 6.66 Å². The van der Waals surface area contributed by atoms with Gasteiger partial charge in [-0.25, -0.2) is 0 Å². The third-order valence-electron chi connectivity index (χ3n) is 0.0772. The minimum absolute atomic E-state index is 0.406. The number of hydrogen-bond donors (Lipinski definition) is 0. The van der Waals surface area contributed by atoms with Gasteiger partial charge in [-0.15, -0.1) is 0 Å². The molecular weight excluding hydrogens is 94.4 g/mol. The second-order valence-corrected chi connectivity index (χ2v) is 1.31. The zero-order valence-electron chi connectivity index (χ0n) is 2.29. The molecule has 0 aromatic carbocycles. The van der Waals surface area contributed by atoms with Crippen LogP contribution in [-0.4, -0.2) is 6.66 Å². The molecule has 0 saturated carbocycles. The Balaban J connectivity index is 1.97. The Morgan fingerprint density at radius 1 is 2.00 bits per heavy atom. The van der Waals surface area contributed by atoms with Crippen LogP contribution >= 0.6 is 20.7 Å². The van der Waals surface area contributed by atoms with Crippen molar-refractivity contribution in [2.75, 3.05) is 6.66 Å². The van der Waals surface area contributed by atoms with E-state index in [-0.39, 0.29) is 0 Å². The summed E-state index contributed by atoms with van der Waals surface area (Å²) in [5.74, 6) is 0. The SMILES string of the molecule is CPOCl. The van der Waals surface area contributed by atoms with E-state index in [4.69, 9.17) is 11.9 Å². The van der Waals surface area contributed by atoms with Gasteiger partial charge >= 0.3 is 0 Å². The summed E-state index contributed by atoms with van der Waals surface area (Å²) in [6, 6.07) is 0. The standard InChI is InChI=1S/CH4ClOP/c1-4-3-2/h4H,1H3. The van der Waals surface area contributed by atoms with Crippen molar-refractivity contribution in [3.8, 4) is 0 Å². The zero-order valence-corrected chi connectivity index (χ0v) is 4.04. The van der Waals surface area contributed by atoms with Gasteiger partial charge in [-0.3, -0.25) is 4.08 Å².